The van der Waals surface area contributed by atoms with Gasteiger partial charge in [0.25, 0.3) is 5.91 Å². The van der Waals surface area contributed by atoms with Crippen molar-refractivity contribution in [2.75, 3.05) is 25.2 Å². The van der Waals surface area contributed by atoms with Crippen LogP contribution in [0.3, 0.4) is 0 Å². The number of hydrogen-bond acceptors (Lipinski definition) is 6. The van der Waals surface area contributed by atoms with Gasteiger partial charge in [0, 0.05) is 44.0 Å². The normalized spacial score (nSPS) is 14.3. The van der Waals surface area contributed by atoms with Crippen LogP contribution in [0.4, 0.5) is 8.78 Å². The van der Waals surface area contributed by atoms with E-state index in [2.05, 4.69) is 10.2 Å². The van der Waals surface area contributed by atoms with Crippen molar-refractivity contribution in [1.29, 1.82) is 0 Å². The van der Waals surface area contributed by atoms with Crippen LogP contribution in [-0.4, -0.2) is 54.1 Å². The number of hydrogen-bond donors (Lipinski definition) is 1. The van der Waals surface area contributed by atoms with Crippen LogP contribution < -0.4 is 29.3 Å². The predicted molar refractivity (Wildman–Crippen MR) is 155 cm³/mol. The summed E-state index contributed by atoms with van der Waals surface area (Å²) in [7, 11) is 0. The number of nitrogens with zero attached hydrogens (tertiary/aromatic N) is 1. The maximum Gasteiger partial charge on any atom is 1.00 e. The number of ether oxygens (including phenoxy) is 1. The van der Waals surface area contributed by atoms with Gasteiger partial charge in [-0.15, -0.1) is 0 Å². The quantitative estimate of drug-likeness (QED) is 0.325. The molecule has 1 saturated heterocycles. The van der Waals surface area contributed by atoms with Crippen LogP contribution in [0.25, 0.3) is 11.1 Å². The van der Waals surface area contributed by atoms with Gasteiger partial charge in [-0.05, 0) is 90.3 Å². The average molecular weight is 589 g/mol. The zero-order chi connectivity index (χ0) is 29.4. The maximum absolute atomic E-state index is 14.0. The third kappa shape index (κ3) is 9.16. The minimum atomic E-state index is -1.32. The molecule has 218 valence electrons. The summed E-state index contributed by atoms with van der Waals surface area (Å²) in [5.41, 5.74) is 4.34. The molecule has 3 aromatic rings. The zero-order valence-electron chi connectivity index (χ0n) is 24.3. The number of carboxylic acid groups (broad SMARTS) is 1. The number of halogens is 2. The fourth-order valence-corrected chi connectivity index (χ4v) is 5.71. The van der Waals surface area contributed by atoms with Crippen molar-refractivity contribution in [3.05, 3.63) is 94.6 Å². The molecule has 42 heavy (non-hydrogen) atoms. The van der Waals surface area contributed by atoms with Crippen LogP contribution >= 0.6 is 11.8 Å². The van der Waals surface area contributed by atoms with Crippen molar-refractivity contribution in [3.8, 4) is 11.1 Å². The standard InChI is InChI=1S/C32H36F2N2O4S.Li/c1-21-5-3-4-6-27(21)29-17-22(7-8-28(29)31(37)35-30(32(38)39)11-14-41-2)19-36(26-9-12-40-13-10-26)20-23-15-24(33)18-25(34)16-23;/h3-8,15-18,26,30H,9-14,19-20H2,1-2H3,(H,35,37)(H,38,39);/q;+1/p-1. The van der Waals surface area contributed by atoms with Gasteiger partial charge < -0.3 is 20.0 Å². The molecule has 0 aromatic heterocycles. The van der Waals surface area contributed by atoms with Crippen LogP contribution in [0.5, 0.6) is 0 Å². The van der Waals surface area contributed by atoms with E-state index in [0.29, 0.717) is 48.7 Å². The van der Waals surface area contributed by atoms with Crippen molar-refractivity contribution < 1.29 is 47.1 Å². The van der Waals surface area contributed by atoms with Gasteiger partial charge in [0.2, 0.25) is 0 Å². The first-order chi connectivity index (χ1) is 19.7. The molecule has 1 heterocycles. The smallest absolute Gasteiger partial charge is 0.548 e. The summed E-state index contributed by atoms with van der Waals surface area (Å²) in [6, 6.07) is 15.9. The fourth-order valence-electron chi connectivity index (χ4n) is 5.24. The molecule has 1 N–H and O–H groups in total. The third-order valence-electron chi connectivity index (χ3n) is 7.37. The number of rotatable bonds is 12. The number of carbonyl (C=O) groups excluding carboxylic acids is 2. The first kappa shape index (κ1) is 33.8. The van der Waals surface area contributed by atoms with Crippen LogP contribution in [0.2, 0.25) is 0 Å². The molecule has 6 nitrogen and oxygen atoms in total. The van der Waals surface area contributed by atoms with Crippen LogP contribution in [0, 0.1) is 18.6 Å². The number of thioether (sulfide) groups is 1. The van der Waals surface area contributed by atoms with E-state index < -0.39 is 29.6 Å². The summed E-state index contributed by atoms with van der Waals surface area (Å²) in [5.74, 6) is -2.46. The number of aryl methyl sites for hydroxylation is 1. The van der Waals surface area contributed by atoms with Gasteiger partial charge in [-0.2, -0.15) is 11.8 Å². The average Bonchev–Trinajstić information content (AvgIpc) is 2.95. The fraction of sp³-hybridized carbons (Fsp3) is 0.375. The van der Waals surface area contributed by atoms with Gasteiger partial charge in [-0.3, -0.25) is 9.69 Å². The van der Waals surface area contributed by atoms with E-state index in [1.165, 1.54) is 23.9 Å². The number of carboxylic acids is 1. The topological polar surface area (TPSA) is 81.7 Å². The van der Waals surface area contributed by atoms with E-state index >= 15 is 0 Å². The van der Waals surface area contributed by atoms with Crippen molar-refractivity contribution in [2.24, 2.45) is 0 Å². The summed E-state index contributed by atoms with van der Waals surface area (Å²) in [4.78, 5) is 27.3. The molecule has 1 atom stereocenters. The van der Waals surface area contributed by atoms with Crippen molar-refractivity contribution in [1.82, 2.24) is 10.2 Å². The largest absolute Gasteiger partial charge is 1.00 e. The Morgan fingerprint density at radius 2 is 1.67 bits per heavy atom. The number of benzene rings is 3. The second-order valence-corrected chi connectivity index (χ2v) is 11.3. The van der Waals surface area contributed by atoms with Gasteiger partial charge in [0.15, 0.2) is 0 Å². The van der Waals surface area contributed by atoms with Crippen molar-refractivity contribution in [2.45, 2.75) is 51.4 Å². The molecule has 0 bridgehead atoms. The van der Waals surface area contributed by atoms with E-state index in [-0.39, 0.29) is 31.3 Å². The predicted octanol–water partition coefficient (Wildman–Crippen LogP) is 1.73. The molecule has 3 aromatic carbocycles. The second-order valence-electron chi connectivity index (χ2n) is 10.3. The number of carbonyl (C=O) groups is 2. The van der Waals surface area contributed by atoms with E-state index in [4.69, 9.17) is 4.74 Å². The van der Waals surface area contributed by atoms with E-state index in [1.54, 1.807) is 6.07 Å². The van der Waals surface area contributed by atoms with Crippen LogP contribution in [0.1, 0.15) is 46.3 Å². The minimum Gasteiger partial charge on any atom is -0.548 e. The molecular weight excluding hydrogens is 553 g/mol. The first-order valence-electron chi connectivity index (χ1n) is 13.7. The summed E-state index contributed by atoms with van der Waals surface area (Å²) in [6.45, 7) is 4.02. The van der Waals surface area contributed by atoms with Gasteiger partial charge >= 0.3 is 18.9 Å². The van der Waals surface area contributed by atoms with Crippen LogP contribution in [0.15, 0.2) is 60.7 Å². The molecule has 1 aliphatic heterocycles. The Labute approximate surface area is 262 Å². The molecule has 1 amide bonds. The Balaban J connectivity index is 0.00000484. The third-order valence-corrected chi connectivity index (χ3v) is 8.01. The summed E-state index contributed by atoms with van der Waals surface area (Å²) >= 11 is 1.50. The maximum atomic E-state index is 14.0. The summed E-state index contributed by atoms with van der Waals surface area (Å²) in [6.07, 6.45) is 3.72. The molecule has 1 fully saturated rings. The van der Waals surface area contributed by atoms with Crippen molar-refractivity contribution in [3.63, 3.8) is 0 Å². The van der Waals surface area contributed by atoms with Gasteiger partial charge in [0.05, 0.1) is 12.0 Å². The Hall–Kier alpha value is -2.67. The second kappa shape index (κ2) is 16.2. The van der Waals surface area contributed by atoms with E-state index in [0.717, 1.165) is 35.6 Å². The minimum absolute atomic E-state index is 0. The van der Waals surface area contributed by atoms with Gasteiger partial charge in [0.1, 0.15) is 11.6 Å². The van der Waals surface area contributed by atoms with E-state index in [1.807, 2.05) is 49.6 Å². The Kier molecular flexibility index (Phi) is 13.1. The Morgan fingerprint density at radius 3 is 2.31 bits per heavy atom. The molecule has 0 spiro atoms. The first-order valence-corrected chi connectivity index (χ1v) is 15.1. The Morgan fingerprint density at radius 1 is 1.00 bits per heavy atom. The molecule has 4 rings (SSSR count). The zero-order valence-corrected chi connectivity index (χ0v) is 25.1. The molecule has 1 aliphatic rings. The molecule has 0 aliphatic carbocycles. The molecule has 1 unspecified atom stereocenters. The molecule has 0 saturated carbocycles. The number of nitrogens with one attached hydrogen (secondary N) is 1. The van der Waals surface area contributed by atoms with E-state index in [9.17, 15) is 23.5 Å². The van der Waals surface area contributed by atoms with Gasteiger partial charge in [-0.1, -0.05) is 30.3 Å². The number of amides is 1. The number of aliphatic carboxylic acids is 1. The summed E-state index contributed by atoms with van der Waals surface area (Å²) in [5, 5.41) is 14.3. The van der Waals surface area contributed by atoms with Crippen molar-refractivity contribution >= 4 is 23.6 Å². The van der Waals surface area contributed by atoms with Crippen LogP contribution in [-0.2, 0) is 22.6 Å². The Bertz CT molecular complexity index is 1350. The molecule has 10 heteroatoms. The monoisotopic (exact) mass is 588 g/mol. The van der Waals surface area contributed by atoms with Gasteiger partial charge in [-0.25, -0.2) is 8.78 Å². The SMILES string of the molecule is CSCCC(NC(=O)c1ccc(CN(Cc2cc(F)cc(F)c2)C2CCOCC2)cc1-c1ccccc1C)C(=O)[O-].[Li+]. The molecule has 0 radical (unpaired) electrons. The molecular formula is C32H35F2LiN2O4S. The summed E-state index contributed by atoms with van der Waals surface area (Å²) < 4.78 is 33.5.